The standard InChI is InChI=1S/C12H13Cl2N3S2/c1-12(2)10(18)16-11(17-12)19-5-6-8(15)4-3-7(13)9(6)14/h3-4H,5,15H2,1-2H3,(H,16,17,18). The number of nitrogen functional groups attached to an aromatic ring is 1. The maximum Gasteiger partial charge on any atom is 0.162 e. The summed E-state index contributed by atoms with van der Waals surface area (Å²) in [4.78, 5) is 5.23. The van der Waals surface area contributed by atoms with Gasteiger partial charge in [-0.15, -0.1) is 0 Å². The Kier molecular flexibility index (Phi) is 4.30. The molecule has 0 bridgehead atoms. The van der Waals surface area contributed by atoms with Crippen LogP contribution in [-0.4, -0.2) is 15.7 Å². The Morgan fingerprint density at radius 2 is 2.11 bits per heavy atom. The molecule has 7 heteroatoms. The second-order valence-electron chi connectivity index (χ2n) is 4.65. The van der Waals surface area contributed by atoms with Gasteiger partial charge in [0.2, 0.25) is 0 Å². The number of amidine groups is 1. The first-order chi connectivity index (χ1) is 8.81. The van der Waals surface area contributed by atoms with Crippen molar-refractivity contribution in [3.05, 3.63) is 27.7 Å². The Labute approximate surface area is 131 Å². The summed E-state index contributed by atoms with van der Waals surface area (Å²) in [5, 5.41) is 4.88. The highest BCUT2D eigenvalue weighted by Crippen LogP contribution is 2.33. The molecule has 2 rings (SSSR count). The number of hydrogen-bond acceptors (Lipinski definition) is 4. The lowest BCUT2D eigenvalue weighted by Gasteiger charge is -2.11. The Morgan fingerprint density at radius 1 is 1.42 bits per heavy atom. The molecule has 19 heavy (non-hydrogen) atoms. The highest BCUT2D eigenvalue weighted by atomic mass is 35.5. The lowest BCUT2D eigenvalue weighted by Crippen LogP contribution is -2.32. The van der Waals surface area contributed by atoms with Gasteiger partial charge in [-0.3, -0.25) is 0 Å². The van der Waals surface area contributed by atoms with Crippen LogP contribution >= 0.6 is 47.2 Å². The van der Waals surface area contributed by atoms with Gasteiger partial charge in [0.15, 0.2) is 5.17 Å². The van der Waals surface area contributed by atoms with Crippen LogP contribution in [0.25, 0.3) is 0 Å². The Balaban J connectivity index is 2.13. The summed E-state index contributed by atoms with van der Waals surface area (Å²) < 4.78 is 0. The summed E-state index contributed by atoms with van der Waals surface area (Å²) >= 11 is 18.9. The summed E-state index contributed by atoms with van der Waals surface area (Å²) in [7, 11) is 0. The number of nitrogens with one attached hydrogen (secondary N) is 1. The normalized spacial score (nSPS) is 17.3. The molecule has 0 radical (unpaired) electrons. The van der Waals surface area contributed by atoms with Crippen molar-refractivity contribution < 1.29 is 0 Å². The van der Waals surface area contributed by atoms with Crippen LogP contribution in [0.4, 0.5) is 5.69 Å². The number of halogens is 2. The summed E-state index contributed by atoms with van der Waals surface area (Å²) in [5.41, 5.74) is 7.01. The monoisotopic (exact) mass is 333 g/mol. The third kappa shape index (κ3) is 3.16. The van der Waals surface area contributed by atoms with Gasteiger partial charge in [0.1, 0.15) is 10.5 Å². The smallest absolute Gasteiger partial charge is 0.162 e. The van der Waals surface area contributed by atoms with Crippen molar-refractivity contribution >= 4 is 63.0 Å². The molecule has 1 aromatic carbocycles. The maximum atomic E-state index is 6.16. The van der Waals surface area contributed by atoms with Gasteiger partial charge < -0.3 is 11.1 Å². The average Bonchev–Trinajstić information content (AvgIpc) is 2.58. The minimum Gasteiger partial charge on any atom is -0.398 e. The summed E-state index contributed by atoms with van der Waals surface area (Å²) in [5.74, 6) is 0.593. The number of benzene rings is 1. The van der Waals surface area contributed by atoms with Gasteiger partial charge in [0.25, 0.3) is 0 Å². The first-order valence-corrected chi connectivity index (χ1v) is 7.72. The average molecular weight is 334 g/mol. The SMILES string of the molecule is CC1(C)N=C(SCc2c(N)ccc(Cl)c2Cl)NC1=S. The molecule has 0 unspecified atom stereocenters. The van der Waals surface area contributed by atoms with Crippen LogP contribution < -0.4 is 11.1 Å². The number of hydrogen-bond donors (Lipinski definition) is 2. The molecule has 1 heterocycles. The van der Waals surface area contributed by atoms with Crippen molar-refractivity contribution in [1.82, 2.24) is 5.32 Å². The molecule has 0 saturated heterocycles. The quantitative estimate of drug-likeness (QED) is 0.637. The van der Waals surface area contributed by atoms with E-state index in [1.54, 1.807) is 12.1 Å². The van der Waals surface area contributed by atoms with Crippen molar-refractivity contribution in [3.8, 4) is 0 Å². The summed E-state index contributed by atoms with van der Waals surface area (Å²) in [6, 6.07) is 3.44. The van der Waals surface area contributed by atoms with Crippen LogP contribution in [0, 0.1) is 0 Å². The fraction of sp³-hybridized carbons (Fsp3) is 0.333. The zero-order chi connectivity index (χ0) is 14.2. The van der Waals surface area contributed by atoms with Crippen LogP contribution in [0.5, 0.6) is 0 Å². The van der Waals surface area contributed by atoms with Gasteiger partial charge >= 0.3 is 0 Å². The molecule has 1 aliphatic rings. The molecule has 0 aromatic heterocycles. The van der Waals surface area contributed by atoms with E-state index < -0.39 is 0 Å². The number of aliphatic imine (C=N–C) groups is 1. The minimum atomic E-state index is -0.346. The van der Waals surface area contributed by atoms with Crippen molar-refractivity contribution in [2.24, 2.45) is 4.99 Å². The predicted molar refractivity (Wildman–Crippen MR) is 89.4 cm³/mol. The molecule has 0 spiro atoms. The number of nitrogens with zero attached hydrogens (tertiary/aromatic N) is 1. The van der Waals surface area contributed by atoms with Crippen LogP contribution in [-0.2, 0) is 5.75 Å². The first-order valence-electron chi connectivity index (χ1n) is 5.58. The van der Waals surface area contributed by atoms with Gasteiger partial charge in [0.05, 0.1) is 10.0 Å². The fourth-order valence-electron chi connectivity index (χ4n) is 1.55. The van der Waals surface area contributed by atoms with E-state index in [9.17, 15) is 0 Å². The third-order valence-corrected chi connectivity index (χ3v) is 5.09. The molecule has 1 aromatic rings. The van der Waals surface area contributed by atoms with Gasteiger partial charge in [0, 0.05) is 17.0 Å². The number of thiocarbonyl (C=S) groups is 1. The van der Waals surface area contributed by atoms with Crippen LogP contribution in [0.1, 0.15) is 19.4 Å². The van der Waals surface area contributed by atoms with E-state index in [2.05, 4.69) is 10.3 Å². The second kappa shape index (κ2) is 5.48. The number of nitrogens with two attached hydrogens (primary N) is 1. The number of thioether (sulfide) groups is 1. The van der Waals surface area contributed by atoms with Crippen molar-refractivity contribution in [2.75, 3.05) is 5.73 Å². The van der Waals surface area contributed by atoms with Gasteiger partial charge in [-0.1, -0.05) is 47.2 Å². The molecule has 102 valence electrons. The van der Waals surface area contributed by atoms with E-state index in [1.807, 2.05) is 13.8 Å². The zero-order valence-corrected chi connectivity index (χ0v) is 13.6. The number of anilines is 1. The highest BCUT2D eigenvalue weighted by Gasteiger charge is 2.30. The predicted octanol–water partition coefficient (Wildman–Crippen LogP) is 3.87. The molecular weight excluding hydrogens is 321 g/mol. The Bertz CT molecular complexity index is 570. The molecule has 0 atom stereocenters. The maximum absolute atomic E-state index is 6.16. The molecule has 0 saturated carbocycles. The summed E-state index contributed by atoms with van der Waals surface area (Å²) in [6.07, 6.45) is 0. The van der Waals surface area contributed by atoms with Crippen molar-refractivity contribution in [2.45, 2.75) is 25.1 Å². The molecule has 1 aliphatic heterocycles. The van der Waals surface area contributed by atoms with Gasteiger partial charge in [-0.2, -0.15) is 0 Å². The summed E-state index contributed by atoms with van der Waals surface area (Å²) in [6.45, 7) is 3.94. The van der Waals surface area contributed by atoms with E-state index in [0.29, 0.717) is 21.5 Å². The van der Waals surface area contributed by atoms with Crippen LogP contribution in [0.3, 0.4) is 0 Å². The van der Waals surface area contributed by atoms with Crippen molar-refractivity contribution in [3.63, 3.8) is 0 Å². The topological polar surface area (TPSA) is 50.4 Å². The Hall–Kier alpha value is -0.490. The molecule has 3 nitrogen and oxygen atoms in total. The lowest BCUT2D eigenvalue weighted by molar-refractivity contribution is 0.723. The van der Waals surface area contributed by atoms with Crippen molar-refractivity contribution in [1.29, 1.82) is 0 Å². The Morgan fingerprint density at radius 3 is 2.68 bits per heavy atom. The van der Waals surface area contributed by atoms with E-state index >= 15 is 0 Å². The van der Waals surface area contributed by atoms with E-state index in [1.165, 1.54) is 11.8 Å². The third-order valence-electron chi connectivity index (χ3n) is 2.74. The van der Waals surface area contributed by atoms with Gasteiger partial charge in [-0.05, 0) is 26.0 Å². The lowest BCUT2D eigenvalue weighted by atomic mass is 10.1. The van der Waals surface area contributed by atoms with Gasteiger partial charge in [-0.25, -0.2) is 4.99 Å². The molecule has 0 amide bonds. The fourth-order valence-corrected chi connectivity index (χ4v) is 3.31. The van der Waals surface area contributed by atoms with E-state index in [0.717, 1.165) is 15.7 Å². The van der Waals surface area contributed by atoms with Crippen LogP contribution in [0.15, 0.2) is 17.1 Å². The minimum absolute atomic E-state index is 0.346. The van der Waals surface area contributed by atoms with E-state index in [4.69, 9.17) is 41.2 Å². The largest absolute Gasteiger partial charge is 0.398 e. The van der Waals surface area contributed by atoms with Crippen LogP contribution in [0.2, 0.25) is 10.0 Å². The molecular formula is C12H13Cl2N3S2. The molecule has 3 N–H and O–H groups in total. The first kappa shape index (κ1) is 14.9. The highest BCUT2D eigenvalue weighted by molar-refractivity contribution is 8.13. The van der Waals surface area contributed by atoms with E-state index in [-0.39, 0.29) is 5.54 Å². The second-order valence-corrected chi connectivity index (χ2v) is 6.81. The molecule has 0 fully saturated rings. The number of rotatable bonds is 2. The zero-order valence-electron chi connectivity index (χ0n) is 10.5. The molecule has 0 aliphatic carbocycles.